The van der Waals surface area contributed by atoms with Crippen LogP contribution in [0.5, 0.6) is 0 Å². The van der Waals surface area contributed by atoms with Gasteiger partial charge < -0.3 is 4.74 Å². The number of hydrogen-bond donors (Lipinski definition) is 0. The van der Waals surface area contributed by atoms with Crippen LogP contribution in [0.15, 0.2) is 73.2 Å². The fourth-order valence-corrected chi connectivity index (χ4v) is 2.89. The number of aromatic nitrogens is 2. The summed E-state index contributed by atoms with van der Waals surface area (Å²) in [6.07, 6.45) is 4.33. The van der Waals surface area contributed by atoms with Crippen LogP contribution in [0.25, 0.3) is 5.69 Å². The zero-order valence-corrected chi connectivity index (χ0v) is 11.7. The molecule has 0 fully saturated rings. The Morgan fingerprint density at radius 1 is 0.952 bits per heavy atom. The summed E-state index contributed by atoms with van der Waals surface area (Å²) < 4.78 is 10.3. The highest BCUT2D eigenvalue weighted by Gasteiger charge is 2.28. The van der Waals surface area contributed by atoms with Crippen molar-refractivity contribution in [3.8, 4) is 5.69 Å². The van der Waals surface area contributed by atoms with Gasteiger partial charge in [0.25, 0.3) is 0 Å². The fraction of sp³-hybridized carbons (Fsp3) is 0.167. The maximum atomic E-state index is 5.78. The highest BCUT2D eigenvalue weighted by Crippen LogP contribution is 2.24. The van der Waals surface area contributed by atoms with Gasteiger partial charge in [0.2, 0.25) is 6.33 Å². The summed E-state index contributed by atoms with van der Waals surface area (Å²) in [5.74, 6) is 0. The van der Waals surface area contributed by atoms with Crippen molar-refractivity contribution in [1.29, 1.82) is 0 Å². The molecule has 2 aromatic carbocycles. The lowest BCUT2D eigenvalue weighted by atomic mass is 10.1. The Labute approximate surface area is 124 Å². The first-order valence-corrected chi connectivity index (χ1v) is 7.22. The maximum absolute atomic E-state index is 5.78. The van der Waals surface area contributed by atoms with E-state index in [2.05, 4.69) is 70.2 Å². The third-order valence-electron chi connectivity index (χ3n) is 3.97. The van der Waals surface area contributed by atoms with E-state index in [0.29, 0.717) is 6.61 Å². The molecule has 3 nitrogen and oxygen atoms in total. The number of ether oxygens (including phenoxy) is 1. The van der Waals surface area contributed by atoms with E-state index in [-0.39, 0.29) is 6.04 Å². The summed E-state index contributed by atoms with van der Waals surface area (Å²) in [6, 6.07) is 21.2. The molecular formula is C18H17N2O+. The molecule has 0 unspecified atom stereocenters. The predicted octanol–water partition coefficient (Wildman–Crippen LogP) is 2.88. The molecular weight excluding hydrogens is 260 g/mol. The monoisotopic (exact) mass is 277 g/mol. The van der Waals surface area contributed by atoms with Gasteiger partial charge in [-0.15, -0.1) is 0 Å². The number of rotatable bonds is 2. The molecule has 104 valence electrons. The van der Waals surface area contributed by atoms with Crippen LogP contribution in [0.4, 0.5) is 0 Å². The highest BCUT2D eigenvalue weighted by atomic mass is 16.5. The zero-order valence-electron chi connectivity index (χ0n) is 11.7. The maximum Gasteiger partial charge on any atom is 0.249 e. The first-order chi connectivity index (χ1) is 10.4. The molecule has 0 aliphatic carbocycles. The second kappa shape index (κ2) is 5.19. The number of benzene rings is 2. The van der Waals surface area contributed by atoms with Gasteiger partial charge in [0.1, 0.15) is 24.5 Å². The number of para-hydroxylation sites is 1. The van der Waals surface area contributed by atoms with E-state index in [1.165, 1.54) is 16.9 Å². The van der Waals surface area contributed by atoms with Crippen LogP contribution in [0.3, 0.4) is 0 Å². The van der Waals surface area contributed by atoms with Gasteiger partial charge in [0.15, 0.2) is 5.69 Å². The first-order valence-electron chi connectivity index (χ1n) is 7.22. The molecule has 1 aliphatic rings. The normalized spacial score (nSPS) is 17.4. The average Bonchev–Trinajstić information content (AvgIpc) is 3.00. The van der Waals surface area contributed by atoms with Crippen LogP contribution in [-0.2, 0) is 11.3 Å². The molecule has 4 rings (SSSR count). The zero-order chi connectivity index (χ0) is 14.1. The SMILES string of the molecule is c1ccc([C@@H]2COCc3c[n+](-c4ccccc4)cn32)cc1. The topological polar surface area (TPSA) is 18.0 Å². The van der Waals surface area contributed by atoms with Gasteiger partial charge in [-0.1, -0.05) is 48.5 Å². The van der Waals surface area contributed by atoms with Crippen LogP contribution >= 0.6 is 0 Å². The molecule has 0 radical (unpaired) electrons. The van der Waals surface area contributed by atoms with Crippen LogP contribution in [0, 0.1) is 0 Å². The van der Waals surface area contributed by atoms with Gasteiger partial charge in [0, 0.05) is 0 Å². The molecule has 21 heavy (non-hydrogen) atoms. The molecule has 0 saturated heterocycles. The van der Waals surface area contributed by atoms with Crippen molar-refractivity contribution in [2.45, 2.75) is 12.6 Å². The van der Waals surface area contributed by atoms with E-state index in [9.17, 15) is 0 Å². The molecule has 1 aromatic heterocycles. The minimum Gasteiger partial charge on any atom is -0.368 e. The molecule has 2 heterocycles. The Morgan fingerprint density at radius 3 is 2.43 bits per heavy atom. The number of hydrogen-bond acceptors (Lipinski definition) is 1. The minimum atomic E-state index is 0.250. The predicted molar refractivity (Wildman–Crippen MR) is 80.2 cm³/mol. The van der Waals surface area contributed by atoms with Crippen molar-refractivity contribution in [1.82, 2.24) is 4.57 Å². The largest absolute Gasteiger partial charge is 0.368 e. The lowest BCUT2D eigenvalue weighted by Gasteiger charge is -2.20. The molecule has 3 heteroatoms. The van der Waals surface area contributed by atoms with Gasteiger partial charge in [-0.05, 0) is 17.7 Å². The van der Waals surface area contributed by atoms with E-state index in [1.807, 2.05) is 12.1 Å². The van der Waals surface area contributed by atoms with Crippen molar-refractivity contribution < 1.29 is 9.30 Å². The van der Waals surface area contributed by atoms with Crippen LogP contribution in [0.1, 0.15) is 17.3 Å². The molecule has 1 atom stereocenters. The molecule has 0 saturated carbocycles. The Hall–Kier alpha value is -2.39. The summed E-state index contributed by atoms with van der Waals surface area (Å²) in [7, 11) is 0. The summed E-state index contributed by atoms with van der Waals surface area (Å²) >= 11 is 0. The second-order valence-electron chi connectivity index (χ2n) is 5.33. The van der Waals surface area contributed by atoms with Gasteiger partial charge in [-0.3, -0.25) is 0 Å². The van der Waals surface area contributed by atoms with E-state index in [4.69, 9.17) is 4.74 Å². The van der Waals surface area contributed by atoms with Crippen molar-refractivity contribution in [3.63, 3.8) is 0 Å². The average molecular weight is 277 g/mol. The van der Waals surface area contributed by atoms with E-state index >= 15 is 0 Å². The third kappa shape index (κ3) is 2.26. The van der Waals surface area contributed by atoms with Crippen molar-refractivity contribution >= 4 is 0 Å². The van der Waals surface area contributed by atoms with Crippen molar-refractivity contribution in [3.05, 3.63) is 84.4 Å². The molecule has 1 aliphatic heterocycles. The second-order valence-corrected chi connectivity index (χ2v) is 5.33. The van der Waals surface area contributed by atoms with Crippen molar-refractivity contribution in [2.24, 2.45) is 0 Å². The van der Waals surface area contributed by atoms with Crippen LogP contribution in [-0.4, -0.2) is 11.2 Å². The van der Waals surface area contributed by atoms with Crippen LogP contribution in [0.2, 0.25) is 0 Å². The van der Waals surface area contributed by atoms with Crippen LogP contribution < -0.4 is 4.57 Å². The molecule has 0 amide bonds. The quantitative estimate of drug-likeness (QED) is 0.659. The number of fused-ring (bicyclic) bond motifs is 1. The minimum absolute atomic E-state index is 0.250. The first kappa shape index (κ1) is 12.4. The third-order valence-corrected chi connectivity index (χ3v) is 3.97. The standard InChI is InChI=1S/C18H17N2O/c1-3-7-15(8-4-1)18-13-21-12-17-11-19(14-20(17)18)16-9-5-2-6-10-16/h1-11,14,18H,12-13H2/q+1/t18-/m0/s1. The summed E-state index contributed by atoms with van der Waals surface area (Å²) in [5, 5.41) is 0. The molecule has 0 bridgehead atoms. The smallest absolute Gasteiger partial charge is 0.249 e. The summed E-state index contributed by atoms with van der Waals surface area (Å²) in [4.78, 5) is 0. The van der Waals surface area contributed by atoms with Crippen molar-refractivity contribution in [2.75, 3.05) is 6.61 Å². The fourth-order valence-electron chi connectivity index (χ4n) is 2.89. The Morgan fingerprint density at radius 2 is 1.67 bits per heavy atom. The summed E-state index contributed by atoms with van der Waals surface area (Å²) in [6.45, 7) is 1.39. The van der Waals surface area contributed by atoms with Gasteiger partial charge in [-0.2, -0.15) is 0 Å². The van der Waals surface area contributed by atoms with E-state index < -0.39 is 0 Å². The Bertz CT molecular complexity index is 734. The molecule has 3 aromatic rings. The Balaban J connectivity index is 1.77. The lowest BCUT2D eigenvalue weighted by molar-refractivity contribution is -0.595. The Kier molecular flexibility index (Phi) is 3.05. The van der Waals surface area contributed by atoms with Gasteiger partial charge in [-0.25, -0.2) is 9.13 Å². The lowest BCUT2D eigenvalue weighted by Crippen LogP contribution is -2.28. The highest BCUT2D eigenvalue weighted by molar-refractivity contribution is 5.24. The number of nitrogens with zero attached hydrogens (tertiary/aromatic N) is 2. The van der Waals surface area contributed by atoms with Gasteiger partial charge in [0.05, 0.1) is 6.61 Å². The number of imidazole rings is 1. The molecule has 0 spiro atoms. The molecule has 0 N–H and O–H groups in total. The van der Waals surface area contributed by atoms with E-state index in [1.54, 1.807) is 0 Å². The summed E-state index contributed by atoms with van der Waals surface area (Å²) in [5.41, 5.74) is 3.67. The van der Waals surface area contributed by atoms with E-state index in [0.717, 1.165) is 6.61 Å². The van der Waals surface area contributed by atoms with Gasteiger partial charge >= 0.3 is 0 Å².